The van der Waals surface area contributed by atoms with Gasteiger partial charge in [-0.25, -0.2) is 0 Å². The fourth-order valence-corrected chi connectivity index (χ4v) is 3.11. The molecule has 1 atom stereocenters. The van der Waals surface area contributed by atoms with Crippen molar-refractivity contribution in [3.8, 4) is 0 Å². The van der Waals surface area contributed by atoms with E-state index in [2.05, 4.69) is 36.0 Å². The zero-order chi connectivity index (χ0) is 14.8. The monoisotopic (exact) mass is 304 g/mol. The van der Waals surface area contributed by atoms with Crippen molar-refractivity contribution in [1.29, 1.82) is 0 Å². The molecule has 1 aromatic carbocycles. The first-order chi connectivity index (χ1) is 10.1. The minimum atomic E-state index is 0.321. The summed E-state index contributed by atoms with van der Waals surface area (Å²) in [7, 11) is 0. The Morgan fingerprint density at radius 1 is 1.38 bits per heavy atom. The zero-order valence-electron chi connectivity index (χ0n) is 12.6. The summed E-state index contributed by atoms with van der Waals surface area (Å²) in [5.41, 5.74) is 2.21. The fraction of sp³-hybridized carbons (Fsp3) is 0.471. The number of benzene rings is 1. The highest BCUT2D eigenvalue weighted by Crippen LogP contribution is 2.35. The van der Waals surface area contributed by atoms with Crippen molar-refractivity contribution in [2.75, 3.05) is 6.54 Å². The van der Waals surface area contributed by atoms with Gasteiger partial charge in [0.2, 0.25) is 0 Å². The average molecular weight is 305 g/mol. The summed E-state index contributed by atoms with van der Waals surface area (Å²) in [5.74, 6) is 1.39. The lowest BCUT2D eigenvalue weighted by atomic mass is 10.1. The van der Waals surface area contributed by atoms with E-state index in [4.69, 9.17) is 16.1 Å². The number of rotatable bonds is 4. The van der Waals surface area contributed by atoms with Crippen molar-refractivity contribution in [2.24, 2.45) is 0 Å². The summed E-state index contributed by atoms with van der Waals surface area (Å²) in [6.07, 6.45) is 2.31. The third kappa shape index (κ3) is 3.14. The molecule has 3 nitrogen and oxygen atoms in total. The van der Waals surface area contributed by atoms with E-state index in [1.54, 1.807) is 0 Å². The Morgan fingerprint density at radius 3 is 2.90 bits per heavy atom. The fourth-order valence-electron chi connectivity index (χ4n) is 2.92. The molecular formula is C17H21ClN2O. The van der Waals surface area contributed by atoms with Gasteiger partial charge >= 0.3 is 0 Å². The van der Waals surface area contributed by atoms with E-state index in [0.29, 0.717) is 12.0 Å². The Kier molecular flexibility index (Phi) is 4.32. The van der Waals surface area contributed by atoms with Gasteiger partial charge in [0, 0.05) is 17.6 Å². The molecule has 0 radical (unpaired) electrons. The molecule has 1 aliphatic rings. The van der Waals surface area contributed by atoms with Crippen molar-refractivity contribution in [2.45, 2.75) is 45.2 Å². The Morgan fingerprint density at radius 2 is 2.19 bits per heavy atom. The van der Waals surface area contributed by atoms with Gasteiger partial charge in [0.15, 0.2) is 5.76 Å². The molecule has 0 amide bonds. The van der Waals surface area contributed by atoms with Crippen LogP contribution in [0.3, 0.4) is 0 Å². The van der Waals surface area contributed by atoms with Crippen LogP contribution in [0.25, 0.3) is 0 Å². The Labute approximate surface area is 130 Å². The third-order valence-electron chi connectivity index (χ3n) is 4.16. The smallest absolute Gasteiger partial charge is 0.154 e. The third-order valence-corrected chi connectivity index (χ3v) is 4.53. The van der Waals surface area contributed by atoms with Crippen LogP contribution in [-0.4, -0.2) is 16.6 Å². The van der Waals surface area contributed by atoms with Crippen LogP contribution in [0, 0.1) is 0 Å². The highest BCUT2D eigenvalue weighted by atomic mass is 35.5. The minimum absolute atomic E-state index is 0.321. The normalized spacial score (nSPS) is 19.5. The van der Waals surface area contributed by atoms with Gasteiger partial charge in [-0.15, -0.1) is 0 Å². The molecule has 4 heteroatoms. The first kappa shape index (κ1) is 14.6. The Balaban J connectivity index is 1.77. The molecule has 2 aromatic rings. The van der Waals surface area contributed by atoms with Gasteiger partial charge < -0.3 is 4.52 Å². The van der Waals surface area contributed by atoms with Gasteiger partial charge in [-0.1, -0.05) is 48.8 Å². The maximum absolute atomic E-state index is 6.28. The van der Waals surface area contributed by atoms with Crippen LogP contribution in [-0.2, 0) is 6.54 Å². The number of likely N-dealkylation sites (tertiary alicyclic amines) is 1. The molecule has 1 fully saturated rings. The van der Waals surface area contributed by atoms with E-state index in [0.717, 1.165) is 36.0 Å². The van der Waals surface area contributed by atoms with Crippen LogP contribution in [0.5, 0.6) is 0 Å². The van der Waals surface area contributed by atoms with Gasteiger partial charge in [0.1, 0.15) is 0 Å². The zero-order valence-corrected chi connectivity index (χ0v) is 13.3. The summed E-state index contributed by atoms with van der Waals surface area (Å²) in [6.45, 7) is 6.21. The number of halogens is 1. The van der Waals surface area contributed by atoms with Crippen LogP contribution in [0.2, 0.25) is 5.02 Å². The van der Waals surface area contributed by atoms with Crippen LogP contribution in [0.4, 0.5) is 0 Å². The van der Waals surface area contributed by atoms with Crippen molar-refractivity contribution in [3.63, 3.8) is 0 Å². The van der Waals surface area contributed by atoms with Crippen LogP contribution >= 0.6 is 11.6 Å². The largest absolute Gasteiger partial charge is 0.359 e. The lowest BCUT2D eigenvalue weighted by Crippen LogP contribution is -2.22. The van der Waals surface area contributed by atoms with Gasteiger partial charge in [-0.2, -0.15) is 0 Å². The minimum Gasteiger partial charge on any atom is -0.359 e. The van der Waals surface area contributed by atoms with Crippen molar-refractivity contribution >= 4 is 11.6 Å². The molecule has 0 unspecified atom stereocenters. The van der Waals surface area contributed by atoms with Crippen molar-refractivity contribution < 1.29 is 4.52 Å². The summed E-state index contributed by atoms with van der Waals surface area (Å²) < 4.78 is 5.58. The van der Waals surface area contributed by atoms with Crippen molar-refractivity contribution in [3.05, 3.63) is 52.4 Å². The van der Waals surface area contributed by atoms with E-state index in [-0.39, 0.29) is 0 Å². The van der Waals surface area contributed by atoms with E-state index in [1.807, 2.05) is 18.2 Å². The summed E-state index contributed by atoms with van der Waals surface area (Å²) >= 11 is 6.28. The molecule has 0 bridgehead atoms. The predicted molar refractivity (Wildman–Crippen MR) is 84.4 cm³/mol. The molecule has 1 aliphatic heterocycles. The Hall–Kier alpha value is -1.32. The summed E-state index contributed by atoms with van der Waals surface area (Å²) in [6, 6.07) is 10.5. The van der Waals surface area contributed by atoms with E-state index >= 15 is 0 Å². The van der Waals surface area contributed by atoms with Gasteiger partial charge in [-0.3, -0.25) is 4.90 Å². The molecule has 0 saturated carbocycles. The van der Waals surface area contributed by atoms with Crippen LogP contribution in [0.15, 0.2) is 34.9 Å². The highest BCUT2D eigenvalue weighted by Gasteiger charge is 2.29. The molecule has 1 saturated heterocycles. The quantitative estimate of drug-likeness (QED) is 0.813. The van der Waals surface area contributed by atoms with Crippen molar-refractivity contribution in [1.82, 2.24) is 10.1 Å². The summed E-state index contributed by atoms with van der Waals surface area (Å²) in [5, 5.41) is 5.03. The highest BCUT2D eigenvalue weighted by molar-refractivity contribution is 6.31. The Bertz CT molecular complexity index is 608. The molecule has 0 N–H and O–H groups in total. The maximum atomic E-state index is 6.28. The number of aromatic nitrogens is 1. The van der Waals surface area contributed by atoms with Gasteiger partial charge in [0.25, 0.3) is 0 Å². The van der Waals surface area contributed by atoms with Gasteiger partial charge in [-0.05, 0) is 36.9 Å². The predicted octanol–water partition coefficient (Wildman–Crippen LogP) is 4.79. The first-order valence-electron chi connectivity index (χ1n) is 7.59. The van der Waals surface area contributed by atoms with Gasteiger partial charge in [0.05, 0.1) is 11.7 Å². The first-order valence-corrected chi connectivity index (χ1v) is 7.97. The molecule has 2 heterocycles. The number of hydrogen-bond acceptors (Lipinski definition) is 3. The molecular weight excluding hydrogens is 284 g/mol. The molecule has 0 spiro atoms. The second-order valence-corrected chi connectivity index (χ2v) is 6.44. The van der Waals surface area contributed by atoms with Crippen LogP contribution in [0.1, 0.15) is 55.7 Å². The average Bonchev–Trinajstić information content (AvgIpc) is 3.09. The van der Waals surface area contributed by atoms with Crippen LogP contribution < -0.4 is 0 Å². The molecule has 3 rings (SSSR count). The van der Waals surface area contributed by atoms with E-state index in [9.17, 15) is 0 Å². The topological polar surface area (TPSA) is 29.3 Å². The second-order valence-electron chi connectivity index (χ2n) is 6.03. The van der Waals surface area contributed by atoms with E-state index in [1.165, 1.54) is 12.0 Å². The molecule has 0 aliphatic carbocycles. The standard InChI is InChI=1S/C17H21ClN2O/c1-12(2)15-10-17(21-19-15)16-8-5-9-20(16)11-13-6-3-4-7-14(13)18/h3-4,6-7,10,12,16H,5,8-9,11H2,1-2H3/t16-/m0/s1. The SMILES string of the molecule is CC(C)c1cc([C@@H]2CCCN2Cc2ccccc2Cl)on1. The second kappa shape index (κ2) is 6.20. The molecule has 1 aromatic heterocycles. The molecule has 112 valence electrons. The maximum Gasteiger partial charge on any atom is 0.154 e. The molecule has 21 heavy (non-hydrogen) atoms. The summed E-state index contributed by atoms with van der Waals surface area (Å²) in [4.78, 5) is 2.44. The number of nitrogens with zero attached hydrogens (tertiary/aromatic N) is 2. The lowest BCUT2D eigenvalue weighted by molar-refractivity contribution is 0.206. The number of hydrogen-bond donors (Lipinski definition) is 0. The lowest BCUT2D eigenvalue weighted by Gasteiger charge is -2.22. The van der Waals surface area contributed by atoms with E-state index < -0.39 is 0 Å².